The minimum absolute atomic E-state index is 0.874. The minimum Gasteiger partial charge on any atom is -0.495 e. The molecule has 0 saturated heterocycles. The van der Waals surface area contributed by atoms with E-state index >= 15 is 0 Å². The van der Waals surface area contributed by atoms with Gasteiger partial charge in [-0.1, -0.05) is 24.3 Å². The fourth-order valence-corrected chi connectivity index (χ4v) is 4.23. The van der Waals surface area contributed by atoms with Crippen LogP contribution in [0.15, 0.2) is 71.4 Å². The number of hydrogen-bond acceptors (Lipinski definition) is 3. The van der Waals surface area contributed by atoms with Crippen LogP contribution >= 0.6 is 22.7 Å². The maximum absolute atomic E-state index is 5.60. The molecule has 4 rings (SSSR count). The Morgan fingerprint density at radius 1 is 0.739 bits per heavy atom. The largest absolute Gasteiger partial charge is 0.495 e. The zero-order valence-corrected chi connectivity index (χ0v) is 14.2. The summed E-state index contributed by atoms with van der Waals surface area (Å²) in [6, 6.07) is 21.0. The van der Waals surface area contributed by atoms with Crippen LogP contribution in [0.3, 0.4) is 0 Å². The maximum atomic E-state index is 5.60. The first-order valence-electron chi connectivity index (χ1n) is 7.31. The molecule has 3 heterocycles. The first kappa shape index (κ1) is 14.3. The summed E-state index contributed by atoms with van der Waals surface area (Å²) >= 11 is 3.50. The minimum atomic E-state index is 0.874. The summed E-state index contributed by atoms with van der Waals surface area (Å²) in [6.45, 7) is 0. The molecule has 0 amide bonds. The van der Waals surface area contributed by atoms with Crippen LogP contribution in [-0.2, 0) is 0 Å². The molecule has 2 nitrogen and oxygen atoms in total. The molecule has 0 bridgehead atoms. The molecule has 0 aliphatic rings. The molecular formula is C19H15NOS2. The summed E-state index contributed by atoms with van der Waals surface area (Å²) in [5.41, 5.74) is 3.44. The van der Waals surface area contributed by atoms with Gasteiger partial charge in [-0.3, -0.25) is 0 Å². The molecule has 0 N–H and O–H groups in total. The van der Waals surface area contributed by atoms with E-state index in [2.05, 4.69) is 57.8 Å². The molecule has 0 aliphatic carbocycles. The van der Waals surface area contributed by atoms with Gasteiger partial charge in [0.05, 0.1) is 33.9 Å². The van der Waals surface area contributed by atoms with Crippen LogP contribution in [0.25, 0.3) is 26.8 Å². The van der Waals surface area contributed by atoms with Crippen LogP contribution in [0.4, 0.5) is 0 Å². The van der Waals surface area contributed by atoms with Crippen molar-refractivity contribution >= 4 is 22.7 Å². The predicted octanol–water partition coefficient (Wildman–Crippen LogP) is 5.94. The number of para-hydroxylation sites is 2. The summed E-state index contributed by atoms with van der Waals surface area (Å²) in [4.78, 5) is 2.50. The average Bonchev–Trinajstić information content (AvgIpc) is 3.33. The van der Waals surface area contributed by atoms with Crippen LogP contribution in [-0.4, -0.2) is 11.7 Å². The lowest BCUT2D eigenvalue weighted by Gasteiger charge is -2.15. The monoisotopic (exact) mass is 337 g/mol. The topological polar surface area (TPSA) is 14.2 Å². The highest BCUT2D eigenvalue weighted by Gasteiger charge is 2.17. The molecule has 0 saturated carbocycles. The number of ether oxygens (including phenoxy) is 1. The number of thiophene rings is 2. The van der Waals surface area contributed by atoms with Gasteiger partial charge in [-0.15, -0.1) is 22.7 Å². The Morgan fingerprint density at radius 3 is 1.87 bits per heavy atom. The van der Waals surface area contributed by atoms with Gasteiger partial charge in [0.2, 0.25) is 0 Å². The zero-order chi connectivity index (χ0) is 15.6. The quantitative estimate of drug-likeness (QED) is 0.449. The molecule has 114 valence electrons. The van der Waals surface area contributed by atoms with E-state index in [0.29, 0.717) is 0 Å². The van der Waals surface area contributed by atoms with E-state index in [1.807, 2.05) is 18.2 Å². The van der Waals surface area contributed by atoms with Gasteiger partial charge in [0, 0.05) is 0 Å². The van der Waals surface area contributed by atoms with E-state index in [0.717, 1.165) is 11.4 Å². The molecule has 3 aromatic heterocycles. The smallest absolute Gasteiger partial charge is 0.142 e. The zero-order valence-electron chi connectivity index (χ0n) is 12.6. The van der Waals surface area contributed by atoms with Gasteiger partial charge < -0.3 is 9.30 Å². The molecule has 4 heteroatoms. The first-order valence-corrected chi connectivity index (χ1v) is 9.07. The second-order valence-electron chi connectivity index (χ2n) is 5.07. The van der Waals surface area contributed by atoms with Crippen molar-refractivity contribution in [1.82, 2.24) is 4.57 Å². The molecule has 23 heavy (non-hydrogen) atoms. The van der Waals surface area contributed by atoms with Crippen molar-refractivity contribution in [2.24, 2.45) is 0 Å². The number of benzene rings is 1. The van der Waals surface area contributed by atoms with Crippen molar-refractivity contribution in [3.8, 4) is 32.6 Å². The molecule has 0 spiro atoms. The van der Waals surface area contributed by atoms with Gasteiger partial charge in [-0.25, -0.2) is 0 Å². The highest BCUT2D eigenvalue weighted by Crippen LogP contribution is 2.38. The van der Waals surface area contributed by atoms with Crippen LogP contribution < -0.4 is 4.74 Å². The van der Waals surface area contributed by atoms with Crippen molar-refractivity contribution in [3.63, 3.8) is 0 Å². The summed E-state index contributed by atoms with van der Waals surface area (Å²) in [7, 11) is 1.72. The fourth-order valence-electron chi connectivity index (χ4n) is 2.74. The SMILES string of the molecule is COc1ccccc1-n1c(-c2cccs2)ccc1-c1cccs1. The Bertz CT molecular complexity index is 853. The normalized spacial score (nSPS) is 10.8. The highest BCUT2D eigenvalue weighted by atomic mass is 32.1. The van der Waals surface area contributed by atoms with Crippen LogP contribution in [0.5, 0.6) is 5.75 Å². The van der Waals surface area contributed by atoms with Gasteiger partial charge in [0.25, 0.3) is 0 Å². The number of rotatable bonds is 4. The van der Waals surface area contributed by atoms with Crippen LogP contribution in [0.2, 0.25) is 0 Å². The summed E-state index contributed by atoms with van der Waals surface area (Å²) in [5, 5.41) is 4.22. The van der Waals surface area contributed by atoms with E-state index in [1.54, 1.807) is 29.8 Å². The maximum Gasteiger partial charge on any atom is 0.142 e. The standard InChI is InChI=1S/C19H15NOS2/c1-21-17-7-3-2-6-14(17)20-15(18-8-4-12-22-18)10-11-16(20)19-9-5-13-23-19/h2-13H,1H3. The Labute approximate surface area is 143 Å². The van der Waals surface area contributed by atoms with Gasteiger partial charge in [0.1, 0.15) is 5.75 Å². The lowest BCUT2D eigenvalue weighted by Crippen LogP contribution is -2.00. The molecule has 0 radical (unpaired) electrons. The van der Waals surface area contributed by atoms with Crippen LogP contribution in [0, 0.1) is 0 Å². The molecule has 4 aromatic rings. The number of hydrogen-bond donors (Lipinski definition) is 0. The summed E-state index contributed by atoms with van der Waals surface area (Å²) in [6.07, 6.45) is 0. The van der Waals surface area contributed by atoms with Gasteiger partial charge in [-0.05, 0) is 47.2 Å². The third kappa shape index (κ3) is 2.50. The Morgan fingerprint density at radius 2 is 1.35 bits per heavy atom. The number of methoxy groups -OCH3 is 1. The molecule has 0 unspecified atom stereocenters. The average molecular weight is 337 g/mol. The first-order chi connectivity index (χ1) is 11.4. The van der Waals surface area contributed by atoms with Gasteiger partial charge >= 0.3 is 0 Å². The van der Waals surface area contributed by atoms with Crippen molar-refractivity contribution in [2.45, 2.75) is 0 Å². The predicted molar refractivity (Wildman–Crippen MR) is 98.9 cm³/mol. The highest BCUT2D eigenvalue weighted by molar-refractivity contribution is 7.14. The van der Waals surface area contributed by atoms with Gasteiger partial charge in [-0.2, -0.15) is 0 Å². The molecule has 1 aromatic carbocycles. The lowest BCUT2D eigenvalue weighted by molar-refractivity contribution is 0.413. The molecule has 0 atom stereocenters. The van der Waals surface area contributed by atoms with Crippen molar-refractivity contribution in [3.05, 3.63) is 71.4 Å². The van der Waals surface area contributed by atoms with E-state index < -0.39 is 0 Å². The van der Waals surface area contributed by atoms with E-state index in [4.69, 9.17) is 4.74 Å². The van der Waals surface area contributed by atoms with Gasteiger partial charge in [0.15, 0.2) is 0 Å². The number of nitrogens with zero attached hydrogens (tertiary/aromatic N) is 1. The summed E-state index contributed by atoms with van der Waals surface area (Å²) < 4.78 is 7.89. The fraction of sp³-hybridized carbons (Fsp3) is 0.0526. The van der Waals surface area contributed by atoms with Crippen LogP contribution in [0.1, 0.15) is 0 Å². The summed E-state index contributed by atoms with van der Waals surface area (Å²) in [5.74, 6) is 0.874. The van der Waals surface area contributed by atoms with E-state index in [1.165, 1.54) is 21.1 Å². The van der Waals surface area contributed by atoms with Crippen molar-refractivity contribution in [2.75, 3.05) is 7.11 Å². The molecule has 0 fully saturated rings. The second-order valence-corrected chi connectivity index (χ2v) is 6.96. The van der Waals surface area contributed by atoms with Crippen molar-refractivity contribution < 1.29 is 4.74 Å². The molecule has 0 aliphatic heterocycles. The van der Waals surface area contributed by atoms with E-state index in [9.17, 15) is 0 Å². The Balaban J connectivity index is 2.01. The Kier molecular flexibility index (Phi) is 3.77. The third-order valence-corrected chi connectivity index (χ3v) is 5.54. The number of aromatic nitrogens is 1. The van der Waals surface area contributed by atoms with E-state index in [-0.39, 0.29) is 0 Å². The molecular weight excluding hydrogens is 322 g/mol. The van der Waals surface area contributed by atoms with Crippen molar-refractivity contribution in [1.29, 1.82) is 0 Å². The second kappa shape index (κ2) is 6.07. The third-order valence-electron chi connectivity index (χ3n) is 3.75. The lowest BCUT2D eigenvalue weighted by atomic mass is 10.2. The Hall–Kier alpha value is -2.30.